The van der Waals surface area contributed by atoms with E-state index in [-0.39, 0.29) is 6.04 Å². The molecule has 2 rings (SSSR count). The van der Waals surface area contributed by atoms with Gasteiger partial charge in [0.1, 0.15) is 10.8 Å². The molecule has 0 saturated carbocycles. The summed E-state index contributed by atoms with van der Waals surface area (Å²) in [5.74, 6) is 0.961. The van der Waals surface area contributed by atoms with Gasteiger partial charge >= 0.3 is 0 Å². The normalized spacial score (nSPS) is 12.9. The molecule has 0 aliphatic rings. The minimum atomic E-state index is 0.226. The summed E-state index contributed by atoms with van der Waals surface area (Å²) in [5.41, 5.74) is 1.09. The number of rotatable bonds is 4. The van der Waals surface area contributed by atoms with E-state index in [2.05, 4.69) is 22.6 Å². The van der Waals surface area contributed by atoms with Crippen molar-refractivity contribution in [3.63, 3.8) is 0 Å². The summed E-state index contributed by atoms with van der Waals surface area (Å²) >= 11 is 1.68. The second-order valence-electron chi connectivity index (χ2n) is 3.50. The standard InChI is InChI=1S/C11H14N2OS/c1-8-7-15-11(13-8)6-12-9(2)10-4-3-5-14-10/h3-5,7,9,12H,6H2,1-2H3. The molecule has 0 radical (unpaired) electrons. The third kappa shape index (κ3) is 2.67. The summed E-state index contributed by atoms with van der Waals surface area (Å²) in [5, 5.41) is 6.55. The number of hydrogen-bond donors (Lipinski definition) is 1. The van der Waals surface area contributed by atoms with Crippen LogP contribution in [0.15, 0.2) is 28.2 Å². The number of nitrogens with one attached hydrogen (secondary N) is 1. The molecule has 15 heavy (non-hydrogen) atoms. The maximum absolute atomic E-state index is 5.31. The fourth-order valence-electron chi connectivity index (χ4n) is 1.36. The Morgan fingerprint density at radius 2 is 2.47 bits per heavy atom. The van der Waals surface area contributed by atoms with Crippen LogP contribution >= 0.6 is 11.3 Å². The van der Waals surface area contributed by atoms with Crippen LogP contribution in [0, 0.1) is 6.92 Å². The highest BCUT2D eigenvalue weighted by Crippen LogP contribution is 2.14. The van der Waals surface area contributed by atoms with Crippen LogP contribution in [0.1, 0.15) is 29.4 Å². The van der Waals surface area contributed by atoms with Crippen molar-refractivity contribution >= 4 is 11.3 Å². The van der Waals surface area contributed by atoms with E-state index in [1.807, 2.05) is 19.1 Å². The molecule has 1 unspecified atom stereocenters. The fraction of sp³-hybridized carbons (Fsp3) is 0.364. The lowest BCUT2D eigenvalue weighted by atomic mass is 10.2. The molecule has 0 aromatic carbocycles. The molecule has 2 aromatic heterocycles. The Bertz CT molecular complexity index is 408. The molecule has 1 atom stereocenters. The molecule has 2 aromatic rings. The molecule has 0 aliphatic heterocycles. The zero-order valence-corrected chi connectivity index (χ0v) is 9.67. The second kappa shape index (κ2) is 4.59. The molecule has 80 valence electrons. The molecule has 2 heterocycles. The van der Waals surface area contributed by atoms with Gasteiger partial charge in [0, 0.05) is 17.6 Å². The van der Waals surface area contributed by atoms with Crippen molar-refractivity contribution in [2.45, 2.75) is 26.4 Å². The third-order valence-electron chi connectivity index (χ3n) is 2.20. The maximum atomic E-state index is 5.31. The number of nitrogens with zero attached hydrogens (tertiary/aromatic N) is 1. The highest BCUT2D eigenvalue weighted by atomic mass is 32.1. The molecule has 0 saturated heterocycles. The first kappa shape index (κ1) is 10.4. The SMILES string of the molecule is Cc1csc(CNC(C)c2ccco2)n1. The molecule has 0 spiro atoms. The van der Waals surface area contributed by atoms with Crippen molar-refractivity contribution in [3.8, 4) is 0 Å². The molecule has 4 heteroatoms. The van der Waals surface area contributed by atoms with Crippen molar-refractivity contribution in [1.29, 1.82) is 0 Å². The van der Waals surface area contributed by atoms with Gasteiger partial charge in [0.2, 0.25) is 0 Å². The van der Waals surface area contributed by atoms with Crippen molar-refractivity contribution in [3.05, 3.63) is 40.2 Å². The van der Waals surface area contributed by atoms with Gasteiger partial charge in [0.25, 0.3) is 0 Å². The van der Waals surface area contributed by atoms with Crippen LogP contribution in [0.25, 0.3) is 0 Å². The average molecular weight is 222 g/mol. The van der Waals surface area contributed by atoms with E-state index in [1.54, 1.807) is 17.6 Å². The molecule has 3 nitrogen and oxygen atoms in total. The lowest BCUT2D eigenvalue weighted by Gasteiger charge is -2.09. The van der Waals surface area contributed by atoms with Crippen LogP contribution in [0.2, 0.25) is 0 Å². The predicted octanol–water partition coefficient (Wildman–Crippen LogP) is 2.90. The summed E-state index contributed by atoms with van der Waals surface area (Å²) in [7, 11) is 0. The second-order valence-corrected chi connectivity index (χ2v) is 4.44. The average Bonchev–Trinajstić information content (AvgIpc) is 2.84. The molecule has 0 amide bonds. The Balaban J connectivity index is 1.88. The summed E-state index contributed by atoms with van der Waals surface area (Å²) in [6.45, 7) is 4.88. The Kier molecular flexibility index (Phi) is 3.18. The van der Waals surface area contributed by atoms with Gasteiger partial charge in [-0.1, -0.05) is 0 Å². The van der Waals surface area contributed by atoms with Crippen LogP contribution in [-0.2, 0) is 6.54 Å². The molecule has 0 fully saturated rings. The minimum Gasteiger partial charge on any atom is -0.468 e. The lowest BCUT2D eigenvalue weighted by molar-refractivity contribution is 0.430. The fourth-order valence-corrected chi connectivity index (χ4v) is 2.09. The van der Waals surface area contributed by atoms with Crippen LogP contribution in [-0.4, -0.2) is 4.98 Å². The van der Waals surface area contributed by atoms with Crippen LogP contribution in [0.3, 0.4) is 0 Å². The van der Waals surface area contributed by atoms with Gasteiger partial charge in [-0.15, -0.1) is 11.3 Å². The molecular weight excluding hydrogens is 208 g/mol. The summed E-state index contributed by atoms with van der Waals surface area (Å²) in [6, 6.07) is 4.11. The molecule has 0 aliphatic carbocycles. The highest BCUT2D eigenvalue weighted by molar-refractivity contribution is 7.09. The van der Waals surface area contributed by atoms with Crippen molar-refractivity contribution < 1.29 is 4.42 Å². The van der Waals surface area contributed by atoms with E-state index < -0.39 is 0 Å². The van der Waals surface area contributed by atoms with E-state index in [4.69, 9.17) is 4.42 Å². The van der Waals surface area contributed by atoms with Crippen molar-refractivity contribution in [2.24, 2.45) is 0 Å². The Morgan fingerprint density at radius 1 is 1.60 bits per heavy atom. The van der Waals surface area contributed by atoms with Gasteiger partial charge < -0.3 is 9.73 Å². The number of thiazole rings is 1. The molecular formula is C11H14N2OS. The number of furan rings is 1. The van der Waals surface area contributed by atoms with E-state index in [9.17, 15) is 0 Å². The van der Waals surface area contributed by atoms with E-state index in [0.29, 0.717) is 0 Å². The van der Waals surface area contributed by atoms with E-state index in [1.165, 1.54) is 0 Å². The van der Waals surface area contributed by atoms with Gasteiger partial charge in [-0.2, -0.15) is 0 Å². The lowest BCUT2D eigenvalue weighted by Crippen LogP contribution is -2.17. The van der Waals surface area contributed by atoms with Crippen LogP contribution in [0.4, 0.5) is 0 Å². The number of hydrogen-bond acceptors (Lipinski definition) is 4. The minimum absolute atomic E-state index is 0.226. The van der Waals surface area contributed by atoms with E-state index in [0.717, 1.165) is 23.0 Å². The monoisotopic (exact) mass is 222 g/mol. The first-order valence-electron chi connectivity index (χ1n) is 4.93. The van der Waals surface area contributed by atoms with Gasteiger partial charge in [-0.3, -0.25) is 0 Å². The molecule has 0 bridgehead atoms. The van der Waals surface area contributed by atoms with Crippen LogP contribution < -0.4 is 5.32 Å². The summed E-state index contributed by atoms with van der Waals surface area (Å²) < 4.78 is 5.31. The smallest absolute Gasteiger partial charge is 0.120 e. The first-order chi connectivity index (χ1) is 7.25. The predicted molar refractivity (Wildman–Crippen MR) is 60.8 cm³/mol. The number of aryl methyl sites for hydroxylation is 1. The van der Waals surface area contributed by atoms with Gasteiger partial charge in [0.15, 0.2) is 0 Å². The number of aromatic nitrogens is 1. The summed E-state index contributed by atoms with van der Waals surface area (Å²) in [6.07, 6.45) is 1.70. The van der Waals surface area contributed by atoms with E-state index >= 15 is 0 Å². The maximum Gasteiger partial charge on any atom is 0.120 e. The molecule has 1 N–H and O–H groups in total. The Morgan fingerprint density at radius 3 is 3.07 bits per heavy atom. The largest absolute Gasteiger partial charge is 0.468 e. The zero-order chi connectivity index (χ0) is 10.7. The first-order valence-corrected chi connectivity index (χ1v) is 5.81. The summed E-state index contributed by atoms with van der Waals surface area (Å²) in [4.78, 5) is 4.39. The highest BCUT2D eigenvalue weighted by Gasteiger charge is 2.07. The van der Waals surface area contributed by atoms with Gasteiger partial charge in [0.05, 0.1) is 12.3 Å². The van der Waals surface area contributed by atoms with Gasteiger partial charge in [-0.25, -0.2) is 4.98 Å². The Hall–Kier alpha value is -1.13. The quantitative estimate of drug-likeness (QED) is 0.864. The topological polar surface area (TPSA) is 38.1 Å². The third-order valence-corrected chi connectivity index (χ3v) is 3.16. The van der Waals surface area contributed by atoms with Gasteiger partial charge in [-0.05, 0) is 26.0 Å². The Labute approximate surface area is 93.2 Å². The zero-order valence-electron chi connectivity index (χ0n) is 8.86. The van der Waals surface area contributed by atoms with Crippen molar-refractivity contribution in [2.75, 3.05) is 0 Å². The van der Waals surface area contributed by atoms with Crippen LogP contribution in [0.5, 0.6) is 0 Å². The van der Waals surface area contributed by atoms with Crippen molar-refractivity contribution in [1.82, 2.24) is 10.3 Å².